The highest BCUT2D eigenvalue weighted by molar-refractivity contribution is 7.89. The summed E-state index contributed by atoms with van der Waals surface area (Å²) in [6, 6.07) is 11.8. The zero-order valence-corrected chi connectivity index (χ0v) is 14.2. The number of ether oxygens (including phenoxy) is 1. The lowest BCUT2D eigenvalue weighted by atomic mass is 10.1. The van der Waals surface area contributed by atoms with E-state index in [0.717, 1.165) is 11.1 Å². The molecule has 0 fully saturated rings. The summed E-state index contributed by atoms with van der Waals surface area (Å²) in [5.41, 5.74) is 2.27. The van der Waals surface area contributed by atoms with Crippen molar-refractivity contribution in [1.82, 2.24) is 4.72 Å². The van der Waals surface area contributed by atoms with Crippen LogP contribution in [-0.4, -0.2) is 20.4 Å². The van der Waals surface area contributed by atoms with Crippen molar-refractivity contribution in [2.24, 2.45) is 0 Å². The fourth-order valence-corrected chi connectivity index (χ4v) is 3.36. The van der Waals surface area contributed by atoms with Gasteiger partial charge in [0.15, 0.2) is 6.10 Å². The summed E-state index contributed by atoms with van der Waals surface area (Å²) < 4.78 is 32.6. The predicted octanol–water partition coefficient (Wildman–Crippen LogP) is 2.19. The van der Waals surface area contributed by atoms with Crippen molar-refractivity contribution in [3.8, 4) is 5.75 Å². The van der Waals surface area contributed by atoms with E-state index in [1.807, 2.05) is 6.92 Å². The first kappa shape index (κ1) is 16.5. The van der Waals surface area contributed by atoms with E-state index in [1.54, 1.807) is 49.4 Å². The first-order valence-electron chi connectivity index (χ1n) is 7.52. The highest BCUT2D eigenvalue weighted by Gasteiger charge is 2.23. The van der Waals surface area contributed by atoms with Gasteiger partial charge in [-0.15, -0.1) is 0 Å². The standard InChI is InChI=1S/C17H18N2O4S/c1-11-3-6-14(7-4-11)24(21,22)18-10-13-5-8-16-15(9-13)19-17(20)12(2)23-16/h3-9,12,18H,10H2,1-2H3,(H,19,20). The molecule has 6 nitrogen and oxygen atoms in total. The van der Waals surface area contributed by atoms with Crippen molar-refractivity contribution in [2.75, 3.05) is 5.32 Å². The Labute approximate surface area is 140 Å². The number of sulfonamides is 1. The Hall–Kier alpha value is -2.38. The van der Waals surface area contributed by atoms with Crippen LogP contribution in [0.15, 0.2) is 47.4 Å². The van der Waals surface area contributed by atoms with Gasteiger partial charge in [0.05, 0.1) is 10.6 Å². The number of hydrogen-bond acceptors (Lipinski definition) is 4. The fraction of sp³-hybridized carbons (Fsp3) is 0.235. The molecule has 7 heteroatoms. The molecule has 2 aromatic rings. The maximum Gasteiger partial charge on any atom is 0.265 e. The van der Waals surface area contributed by atoms with E-state index in [9.17, 15) is 13.2 Å². The molecule has 1 amide bonds. The molecule has 2 N–H and O–H groups in total. The van der Waals surface area contributed by atoms with E-state index in [-0.39, 0.29) is 17.3 Å². The minimum atomic E-state index is -3.58. The second-order valence-electron chi connectivity index (χ2n) is 5.72. The van der Waals surface area contributed by atoms with Gasteiger partial charge < -0.3 is 10.1 Å². The molecule has 1 unspecified atom stereocenters. The summed E-state index contributed by atoms with van der Waals surface area (Å²) in [5.74, 6) is 0.354. The number of carbonyl (C=O) groups is 1. The molecule has 1 heterocycles. The number of aryl methyl sites for hydroxylation is 1. The van der Waals surface area contributed by atoms with Gasteiger partial charge in [-0.1, -0.05) is 23.8 Å². The van der Waals surface area contributed by atoms with Gasteiger partial charge in [0.25, 0.3) is 5.91 Å². The molecular formula is C17H18N2O4S. The maximum absolute atomic E-state index is 12.3. The molecule has 1 atom stereocenters. The number of fused-ring (bicyclic) bond motifs is 1. The number of anilines is 1. The van der Waals surface area contributed by atoms with Crippen LogP contribution >= 0.6 is 0 Å². The third kappa shape index (κ3) is 3.42. The third-order valence-corrected chi connectivity index (χ3v) is 5.19. The van der Waals surface area contributed by atoms with Gasteiger partial charge in [-0.25, -0.2) is 13.1 Å². The lowest BCUT2D eigenvalue weighted by Gasteiger charge is -2.23. The van der Waals surface area contributed by atoms with Crippen LogP contribution in [-0.2, 0) is 21.4 Å². The first-order valence-corrected chi connectivity index (χ1v) is 9.00. The van der Waals surface area contributed by atoms with Gasteiger partial charge in [-0.05, 0) is 43.7 Å². The Balaban J connectivity index is 1.74. The lowest BCUT2D eigenvalue weighted by Crippen LogP contribution is -2.34. The van der Waals surface area contributed by atoms with Crippen molar-refractivity contribution in [2.45, 2.75) is 31.4 Å². The Kier molecular flexibility index (Phi) is 4.29. The van der Waals surface area contributed by atoms with E-state index >= 15 is 0 Å². The molecule has 0 bridgehead atoms. The summed E-state index contributed by atoms with van der Waals surface area (Å²) in [7, 11) is -3.58. The topological polar surface area (TPSA) is 84.5 Å². The Bertz CT molecular complexity index is 876. The summed E-state index contributed by atoms with van der Waals surface area (Å²) in [4.78, 5) is 11.9. The number of carbonyl (C=O) groups excluding carboxylic acids is 1. The van der Waals surface area contributed by atoms with Gasteiger partial charge in [0, 0.05) is 6.54 Å². The first-order chi connectivity index (χ1) is 11.3. The molecule has 0 saturated carbocycles. The number of rotatable bonds is 4. The molecule has 126 valence electrons. The molecule has 0 aliphatic carbocycles. The van der Waals surface area contributed by atoms with E-state index < -0.39 is 16.1 Å². The van der Waals surface area contributed by atoms with E-state index in [4.69, 9.17) is 4.74 Å². The molecule has 0 aromatic heterocycles. The van der Waals surface area contributed by atoms with Gasteiger partial charge in [0.2, 0.25) is 10.0 Å². The summed E-state index contributed by atoms with van der Waals surface area (Å²) in [6.07, 6.45) is -0.539. The number of amides is 1. The Morgan fingerprint density at radius 1 is 1.17 bits per heavy atom. The average molecular weight is 346 g/mol. The zero-order valence-electron chi connectivity index (χ0n) is 13.4. The summed E-state index contributed by atoms with van der Waals surface area (Å²) >= 11 is 0. The van der Waals surface area contributed by atoms with Crippen molar-refractivity contribution < 1.29 is 17.9 Å². The lowest BCUT2D eigenvalue weighted by molar-refractivity contribution is -0.122. The highest BCUT2D eigenvalue weighted by Crippen LogP contribution is 2.30. The SMILES string of the molecule is Cc1ccc(S(=O)(=O)NCc2ccc3c(c2)NC(=O)C(C)O3)cc1. The number of nitrogens with one attached hydrogen (secondary N) is 2. The molecule has 1 aliphatic rings. The average Bonchev–Trinajstić information content (AvgIpc) is 2.54. The molecule has 0 radical (unpaired) electrons. The van der Waals surface area contributed by atoms with Gasteiger partial charge in [0.1, 0.15) is 5.75 Å². The van der Waals surface area contributed by atoms with E-state index in [0.29, 0.717) is 11.4 Å². The second-order valence-corrected chi connectivity index (χ2v) is 7.48. The smallest absolute Gasteiger partial charge is 0.265 e. The monoisotopic (exact) mass is 346 g/mol. The molecule has 24 heavy (non-hydrogen) atoms. The highest BCUT2D eigenvalue weighted by atomic mass is 32.2. The van der Waals surface area contributed by atoms with Crippen LogP contribution in [0.1, 0.15) is 18.1 Å². The Morgan fingerprint density at radius 2 is 1.88 bits per heavy atom. The van der Waals surface area contributed by atoms with E-state index in [1.165, 1.54) is 0 Å². The maximum atomic E-state index is 12.3. The largest absolute Gasteiger partial charge is 0.479 e. The van der Waals surface area contributed by atoms with Gasteiger partial charge in [-0.2, -0.15) is 0 Å². The van der Waals surface area contributed by atoms with Crippen LogP contribution in [0.4, 0.5) is 5.69 Å². The summed E-state index contributed by atoms with van der Waals surface area (Å²) in [6.45, 7) is 3.69. The third-order valence-electron chi connectivity index (χ3n) is 3.77. The molecule has 0 saturated heterocycles. The fourth-order valence-electron chi connectivity index (χ4n) is 2.34. The van der Waals surface area contributed by atoms with Crippen LogP contribution in [0.3, 0.4) is 0 Å². The summed E-state index contributed by atoms with van der Waals surface area (Å²) in [5, 5.41) is 2.74. The minimum absolute atomic E-state index is 0.120. The molecule has 2 aromatic carbocycles. The van der Waals surface area contributed by atoms with E-state index in [2.05, 4.69) is 10.0 Å². The van der Waals surface area contributed by atoms with Gasteiger partial charge in [-0.3, -0.25) is 4.79 Å². The quantitative estimate of drug-likeness (QED) is 0.889. The van der Waals surface area contributed by atoms with Crippen LogP contribution < -0.4 is 14.8 Å². The second kappa shape index (κ2) is 6.26. The zero-order chi connectivity index (χ0) is 17.3. The van der Waals surface area contributed by atoms with Gasteiger partial charge >= 0.3 is 0 Å². The van der Waals surface area contributed by atoms with Crippen molar-refractivity contribution in [1.29, 1.82) is 0 Å². The van der Waals surface area contributed by atoms with Crippen LogP contribution in [0.2, 0.25) is 0 Å². The predicted molar refractivity (Wildman–Crippen MR) is 90.4 cm³/mol. The molecule has 0 spiro atoms. The molecule has 3 rings (SSSR count). The Morgan fingerprint density at radius 3 is 2.58 bits per heavy atom. The molecule has 1 aliphatic heterocycles. The minimum Gasteiger partial charge on any atom is -0.479 e. The number of hydrogen-bond donors (Lipinski definition) is 2. The van der Waals surface area contributed by atoms with Crippen LogP contribution in [0, 0.1) is 6.92 Å². The normalized spacial score (nSPS) is 16.9. The molecular weight excluding hydrogens is 328 g/mol. The van der Waals surface area contributed by atoms with Crippen LogP contribution in [0.5, 0.6) is 5.75 Å². The van der Waals surface area contributed by atoms with Crippen molar-refractivity contribution in [3.63, 3.8) is 0 Å². The van der Waals surface area contributed by atoms with Crippen molar-refractivity contribution in [3.05, 3.63) is 53.6 Å². The van der Waals surface area contributed by atoms with Crippen LogP contribution in [0.25, 0.3) is 0 Å². The van der Waals surface area contributed by atoms with Crippen molar-refractivity contribution >= 4 is 21.6 Å². The number of benzene rings is 2.